The first-order chi connectivity index (χ1) is 12.5. The molecule has 3 N–H and O–H groups in total. The maximum absolute atomic E-state index is 12.9. The normalized spacial score (nSPS) is 15.9. The van der Waals surface area contributed by atoms with Crippen LogP contribution in [0.4, 0.5) is 0 Å². The van der Waals surface area contributed by atoms with Gasteiger partial charge in [-0.05, 0) is 18.3 Å². The molecule has 148 valence electrons. The van der Waals surface area contributed by atoms with E-state index in [0.717, 1.165) is 17.4 Å². The van der Waals surface area contributed by atoms with Gasteiger partial charge >= 0.3 is 0 Å². The number of carbonyl (C=O) groups is 1. The van der Waals surface area contributed by atoms with Gasteiger partial charge in [0.2, 0.25) is 5.88 Å². The number of aliphatic hydroxyl groups excluding tert-OH is 1. The van der Waals surface area contributed by atoms with E-state index in [1.807, 2.05) is 20.8 Å². The number of aliphatic hydroxyl groups is 1. The maximum Gasteiger partial charge on any atom is 0.285 e. The van der Waals surface area contributed by atoms with Crippen LogP contribution in [0.5, 0.6) is 5.88 Å². The molecule has 0 spiro atoms. The third-order valence-corrected chi connectivity index (χ3v) is 4.39. The van der Waals surface area contributed by atoms with Crippen molar-refractivity contribution in [2.75, 3.05) is 14.1 Å². The highest BCUT2D eigenvalue weighted by atomic mass is 16.3. The molecule has 27 heavy (non-hydrogen) atoms. The number of nitrogens with one attached hydrogen (secondary N) is 1. The molecule has 0 aromatic carbocycles. The Labute approximate surface area is 157 Å². The van der Waals surface area contributed by atoms with Crippen molar-refractivity contribution in [3.8, 4) is 5.88 Å². The van der Waals surface area contributed by atoms with E-state index in [-0.39, 0.29) is 34.5 Å². The van der Waals surface area contributed by atoms with Crippen LogP contribution in [0.15, 0.2) is 10.9 Å². The van der Waals surface area contributed by atoms with Crippen LogP contribution in [0.25, 0.3) is 5.65 Å². The first-order valence-corrected chi connectivity index (χ1v) is 9.01. The molecule has 2 aromatic rings. The monoisotopic (exact) mass is 377 g/mol. The molecule has 1 amide bonds. The van der Waals surface area contributed by atoms with Gasteiger partial charge in [-0.25, -0.2) is 0 Å². The van der Waals surface area contributed by atoms with E-state index >= 15 is 0 Å². The summed E-state index contributed by atoms with van der Waals surface area (Å²) in [5.41, 5.74) is -0.632. The Balaban J connectivity index is 2.23. The molecule has 1 unspecified atom stereocenters. The van der Waals surface area contributed by atoms with Gasteiger partial charge in [0.25, 0.3) is 11.5 Å². The van der Waals surface area contributed by atoms with Gasteiger partial charge in [-0.2, -0.15) is 9.61 Å². The van der Waals surface area contributed by atoms with E-state index in [1.54, 1.807) is 14.1 Å². The Hall–Kier alpha value is -2.39. The van der Waals surface area contributed by atoms with Crippen LogP contribution in [-0.4, -0.2) is 55.3 Å². The minimum atomic E-state index is -1.31. The number of fused-ring (bicyclic) bond motifs is 1. The average molecular weight is 377 g/mol. The standard InChI is InChI=1S/C18H27N5O4/c1-18(2,3)9-22-12-8-11(15(25)21(4)5)20-23(12)17(27)13(16(22)26)14(24)19-10-6-7-10/h8,10,14,19,24,26H,6-7,9H2,1-5H3. The Morgan fingerprint density at radius 2 is 2.04 bits per heavy atom. The smallest absolute Gasteiger partial charge is 0.285 e. The molecule has 2 aromatic heterocycles. The molecular formula is C18H27N5O4. The van der Waals surface area contributed by atoms with Crippen molar-refractivity contribution in [2.45, 2.75) is 52.4 Å². The maximum atomic E-state index is 12.9. The zero-order chi connectivity index (χ0) is 20.1. The van der Waals surface area contributed by atoms with E-state index < -0.39 is 11.8 Å². The van der Waals surface area contributed by atoms with Gasteiger partial charge in [-0.3, -0.25) is 19.5 Å². The average Bonchev–Trinajstić information content (AvgIpc) is 3.24. The molecule has 0 saturated heterocycles. The van der Waals surface area contributed by atoms with Crippen molar-refractivity contribution in [3.63, 3.8) is 0 Å². The summed E-state index contributed by atoms with van der Waals surface area (Å²) in [7, 11) is 3.19. The first-order valence-electron chi connectivity index (χ1n) is 9.01. The quantitative estimate of drug-likeness (QED) is 0.661. The molecule has 1 fully saturated rings. The number of hydrogen-bond donors (Lipinski definition) is 3. The lowest BCUT2D eigenvalue weighted by molar-refractivity contribution is 0.0821. The number of aromatic nitrogens is 3. The van der Waals surface area contributed by atoms with Gasteiger partial charge in [0.1, 0.15) is 17.4 Å². The Kier molecular flexibility index (Phi) is 4.77. The summed E-state index contributed by atoms with van der Waals surface area (Å²) in [5, 5.41) is 28.4. The summed E-state index contributed by atoms with van der Waals surface area (Å²) < 4.78 is 2.60. The third kappa shape index (κ3) is 3.84. The zero-order valence-corrected chi connectivity index (χ0v) is 16.4. The fourth-order valence-corrected chi connectivity index (χ4v) is 2.94. The minimum absolute atomic E-state index is 0.0981. The van der Waals surface area contributed by atoms with Crippen molar-refractivity contribution >= 4 is 11.6 Å². The lowest BCUT2D eigenvalue weighted by atomic mass is 9.96. The Morgan fingerprint density at radius 3 is 2.56 bits per heavy atom. The predicted octanol–water partition coefficient (Wildman–Crippen LogP) is 0.692. The lowest BCUT2D eigenvalue weighted by Crippen LogP contribution is -2.33. The van der Waals surface area contributed by atoms with Crippen LogP contribution in [0.2, 0.25) is 0 Å². The number of carbonyl (C=O) groups excluding carboxylic acids is 1. The molecule has 0 radical (unpaired) electrons. The van der Waals surface area contributed by atoms with Gasteiger partial charge in [0.05, 0.1) is 0 Å². The lowest BCUT2D eigenvalue weighted by Gasteiger charge is -2.24. The van der Waals surface area contributed by atoms with Crippen LogP contribution in [-0.2, 0) is 6.54 Å². The molecule has 1 aliphatic rings. The summed E-state index contributed by atoms with van der Waals surface area (Å²) in [6.07, 6.45) is 0.525. The Bertz CT molecular complexity index is 934. The topological polar surface area (TPSA) is 112 Å². The van der Waals surface area contributed by atoms with Crippen molar-refractivity contribution < 1.29 is 15.0 Å². The van der Waals surface area contributed by atoms with Gasteiger partial charge in [0, 0.05) is 32.7 Å². The summed E-state index contributed by atoms with van der Waals surface area (Å²) in [6, 6.07) is 1.62. The summed E-state index contributed by atoms with van der Waals surface area (Å²) in [4.78, 5) is 26.6. The molecule has 9 heteroatoms. The van der Waals surface area contributed by atoms with Crippen LogP contribution in [0.1, 0.15) is 55.9 Å². The number of hydrogen-bond acceptors (Lipinski definition) is 6. The number of rotatable bonds is 5. The molecule has 2 heterocycles. The molecule has 0 bridgehead atoms. The van der Waals surface area contributed by atoms with Gasteiger partial charge in [-0.15, -0.1) is 0 Å². The summed E-state index contributed by atoms with van der Waals surface area (Å²) >= 11 is 0. The summed E-state index contributed by atoms with van der Waals surface area (Å²) in [6.45, 7) is 6.33. The van der Waals surface area contributed by atoms with Crippen LogP contribution < -0.4 is 10.9 Å². The summed E-state index contributed by atoms with van der Waals surface area (Å²) in [5.74, 6) is -0.662. The fraction of sp³-hybridized carbons (Fsp3) is 0.611. The predicted molar refractivity (Wildman–Crippen MR) is 99.7 cm³/mol. The highest BCUT2D eigenvalue weighted by molar-refractivity contribution is 5.93. The molecule has 1 aliphatic carbocycles. The van der Waals surface area contributed by atoms with Crippen LogP contribution in [0, 0.1) is 5.41 Å². The second-order valence-corrected chi connectivity index (χ2v) is 8.53. The highest BCUT2D eigenvalue weighted by Gasteiger charge is 2.31. The largest absolute Gasteiger partial charge is 0.494 e. The highest BCUT2D eigenvalue weighted by Crippen LogP contribution is 2.29. The number of nitrogens with zero attached hydrogens (tertiary/aromatic N) is 4. The fourth-order valence-electron chi connectivity index (χ4n) is 2.94. The third-order valence-electron chi connectivity index (χ3n) is 4.39. The minimum Gasteiger partial charge on any atom is -0.494 e. The molecule has 1 atom stereocenters. The Morgan fingerprint density at radius 1 is 1.41 bits per heavy atom. The SMILES string of the molecule is CN(C)C(=O)c1cc2n(CC(C)(C)C)c(O)c(C(O)NC3CC3)c(=O)n2n1. The molecule has 3 rings (SSSR count). The van der Waals surface area contributed by atoms with E-state index in [2.05, 4.69) is 10.4 Å². The van der Waals surface area contributed by atoms with Gasteiger partial charge in [-0.1, -0.05) is 20.8 Å². The molecule has 0 aliphatic heterocycles. The molecular weight excluding hydrogens is 350 g/mol. The van der Waals surface area contributed by atoms with E-state index in [1.165, 1.54) is 15.5 Å². The first kappa shape index (κ1) is 19.4. The van der Waals surface area contributed by atoms with Crippen molar-refractivity contribution in [3.05, 3.63) is 27.7 Å². The zero-order valence-electron chi connectivity index (χ0n) is 16.4. The van der Waals surface area contributed by atoms with E-state index in [9.17, 15) is 19.8 Å². The van der Waals surface area contributed by atoms with Crippen molar-refractivity contribution in [1.82, 2.24) is 24.4 Å². The van der Waals surface area contributed by atoms with Crippen molar-refractivity contribution in [1.29, 1.82) is 0 Å². The number of amides is 1. The van der Waals surface area contributed by atoms with Crippen LogP contribution >= 0.6 is 0 Å². The molecule has 1 saturated carbocycles. The van der Waals surface area contributed by atoms with E-state index in [4.69, 9.17) is 0 Å². The van der Waals surface area contributed by atoms with Crippen LogP contribution in [0.3, 0.4) is 0 Å². The second kappa shape index (κ2) is 6.65. The van der Waals surface area contributed by atoms with Crippen molar-refractivity contribution in [2.24, 2.45) is 5.41 Å². The van der Waals surface area contributed by atoms with Gasteiger partial charge < -0.3 is 15.1 Å². The van der Waals surface area contributed by atoms with Gasteiger partial charge in [0.15, 0.2) is 5.69 Å². The number of aromatic hydroxyl groups is 1. The second-order valence-electron chi connectivity index (χ2n) is 8.53. The van der Waals surface area contributed by atoms with E-state index in [0.29, 0.717) is 12.2 Å². The molecule has 9 nitrogen and oxygen atoms in total.